The molecule has 0 aliphatic heterocycles. The molecular formula is C13H20F3N3O2. The van der Waals surface area contributed by atoms with E-state index in [2.05, 4.69) is 10.4 Å². The zero-order valence-corrected chi connectivity index (χ0v) is 12.4. The second-order valence-corrected chi connectivity index (χ2v) is 5.10. The van der Waals surface area contributed by atoms with Crippen molar-refractivity contribution in [2.75, 3.05) is 6.54 Å². The summed E-state index contributed by atoms with van der Waals surface area (Å²) in [6.07, 6.45) is -5.53. The van der Waals surface area contributed by atoms with Gasteiger partial charge in [-0.25, -0.2) is 0 Å². The third-order valence-corrected chi connectivity index (χ3v) is 2.84. The number of hydrogen-bond donors (Lipinski definition) is 1. The number of nitrogens with one attached hydrogen (secondary N) is 1. The second kappa shape index (κ2) is 6.93. The van der Waals surface area contributed by atoms with Crippen molar-refractivity contribution in [1.29, 1.82) is 0 Å². The molecule has 0 saturated carbocycles. The van der Waals surface area contributed by atoms with Crippen LogP contribution in [0.5, 0.6) is 0 Å². The first-order valence-electron chi connectivity index (χ1n) is 6.66. The Morgan fingerprint density at radius 1 is 1.38 bits per heavy atom. The highest BCUT2D eigenvalue weighted by Crippen LogP contribution is 2.23. The molecule has 1 heterocycles. The lowest BCUT2D eigenvalue weighted by molar-refractivity contribution is -0.224. The molecule has 1 rings (SSSR count). The molecular weight excluding hydrogens is 287 g/mol. The molecule has 0 radical (unpaired) electrons. The van der Waals surface area contributed by atoms with Gasteiger partial charge in [0.05, 0.1) is 6.10 Å². The van der Waals surface area contributed by atoms with Gasteiger partial charge in [-0.15, -0.1) is 0 Å². The van der Waals surface area contributed by atoms with E-state index in [-0.39, 0.29) is 12.6 Å². The van der Waals surface area contributed by atoms with Gasteiger partial charge in [0.1, 0.15) is 5.69 Å². The zero-order chi connectivity index (χ0) is 16.2. The van der Waals surface area contributed by atoms with E-state index in [0.717, 1.165) is 6.92 Å². The largest absolute Gasteiger partial charge is 0.414 e. The SMILES string of the molecule is CC(C)n1nccc1C(=O)NC[C@@H](C)OC(C)C(F)(F)F. The Labute approximate surface area is 121 Å². The number of aromatic nitrogens is 2. The van der Waals surface area contributed by atoms with Gasteiger partial charge in [-0.1, -0.05) is 0 Å². The van der Waals surface area contributed by atoms with Crippen LogP contribution in [-0.2, 0) is 4.74 Å². The Morgan fingerprint density at radius 2 is 2.00 bits per heavy atom. The lowest BCUT2D eigenvalue weighted by atomic mass is 10.3. The fourth-order valence-electron chi connectivity index (χ4n) is 1.71. The van der Waals surface area contributed by atoms with E-state index in [1.165, 1.54) is 13.1 Å². The Morgan fingerprint density at radius 3 is 2.52 bits per heavy atom. The Balaban J connectivity index is 2.51. The van der Waals surface area contributed by atoms with Crippen LogP contribution in [0.25, 0.3) is 0 Å². The highest BCUT2D eigenvalue weighted by Gasteiger charge is 2.37. The van der Waals surface area contributed by atoms with Crippen LogP contribution < -0.4 is 5.32 Å². The van der Waals surface area contributed by atoms with Gasteiger partial charge in [0.25, 0.3) is 5.91 Å². The quantitative estimate of drug-likeness (QED) is 0.878. The number of carbonyl (C=O) groups excluding carboxylic acids is 1. The van der Waals surface area contributed by atoms with Crippen LogP contribution in [-0.4, -0.2) is 40.6 Å². The van der Waals surface area contributed by atoms with E-state index in [9.17, 15) is 18.0 Å². The number of hydrogen-bond acceptors (Lipinski definition) is 3. The topological polar surface area (TPSA) is 56.2 Å². The molecule has 2 atom stereocenters. The van der Waals surface area contributed by atoms with Crippen LogP contribution in [0.3, 0.4) is 0 Å². The molecule has 0 aliphatic carbocycles. The van der Waals surface area contributed by atoms with E-state index in [0.29, 0.717) is 5.69 Å². The number of alkyl halides is 3. The lowest BCUT2D eigenvalue weighted by Gasteiger charge is -2.21. The maximum absolute atomic E-state index is 12.3. The summed E-state index contributed by atoms with van der Waals surface area (Å²) in [6.45, 7) is 6.15. The van der Waals surface area contributed by atoms with E-state index >= 15 is 0 Å². The van der Waals surface area contributed by atoms with Gasteiger partial charge in [0.2, 0.25) is 0 Å². The van der Waals surface area contributed by atoms with E-state index in [1.807, 2.05) is 13.8 Å². The van der Waals surface area contributed by atoms with Crippen molar-refractivity contribution in [3.8, 4) is 0 Å². The van der Waals surface area contributed by atoms with E-state index in [4.69, 9.17) is 4.74 Å². The second-order valence-electron chi connectivity index (χ2n) is 5.10. The summed E-state index contributed by atoms with van der Waals surface area (Å²) in [6, 6.07) is 1.57. The van der Waals surface area contributed by atoms with Crippen LogP contribution in [0.15, 0.2) is 12.3 Å². The summed E-state index contributed by atoms with van der Waals surface area (Å²) < 4.78 is 43.4. The van der Waals surface area contributed by atoms with Crippen LogP contribution >= 0.6 is 0 Å². The van der Waals surface area contributed by atoms with Crippen molar-refractivity contribution in [2.24, 2.45) is 0 Å². The molecule has 1 unspecified atom stereocenters. The van der Waals surface area contributed by atoms with Crippen LogP contribution in [0.1, 0.15) is 44.2 Å². The molecule has 21 heavy (non-hydrogen) atoms. The maximum atomic E-state index is 12.3. The predicted octanol–water partition coefficient (Wildman–Crippen LogP) is 2.55. The number of nitrogens with zero attached hydrogens (tertiary/aromatic N) is 2. The predicted molar refractivity (Wildman–Crippen MR) is 71.0 cm³/mol. The molecule has 8 heteroatoms. The van der Waals surface area contributed by atoms with Gasteiger partial charge in [-0.05, 0) is 33.8 Å². The number of halogens is 3. The van der Waals surface area contributed by atoms with Crippen LogP contribution in [0, 0.1) is 0 Å². The fourth-order valence-corrected chi connectivity index (χ4v) is 1.71. The van der Waals surface area contributed by atoms with Crippen molar-refractivity contribution in [2.45, 2.75) is 52.1 Å². The minimum absolute atomic E-state index is 0.0114. The lowest BCUT2D eigenvalue weighted by Crippen LogP contribution is -2.38. The molecule has 0 aromatic carbocycles. The number of rotatable bonds is 6. The summed E-state index contributed by atoms with van der Waals surface area (Å²) in [5.41, 5.74) is 0.362. The summed E-state index contributed by atoms with van der Waals surface area (Å²) in [7, 11) is 0. The molecule has 5 nitrogen and oxygen atoms in total. The first-order chi connectivity index (χ1) is 9.62. The van der Waals surface area contributed by atoms with Crippen LogP contribution in [0.4, 0.5) is 13.2 Å². The Kier molecular flexibility index (Phi) is 5.77. The smallest absolute Gasteiger partial charge is 0.364 e. The molecule has 1 N–H and O–H groups in total. The minimum Gasteiger partial charge on any atom is -0.364 e. The minimum atomic E-state index is -4.41. The number of ether oxygens (including phenoxy) is 1. The van der Waals surface area contributed by atoms with Gasteiger partial charge >= 0.3 is 6.18 Å². The van der Waals surface area contributed by atoms with Crippen molar-refractivity contribution in [3.05, 3.63) is 18.0 Å². The molecule has 0 spiro atoms. The molecule has 0 fully saturated rings. The van der Waals surface area contributed by atoms with Crippen molar-refractivity contribution < 1.29 is 22.7 Å². The molecule has 120 valence electrons. The molecule has 0 aliphatic rings. The van der Waals surface area contributed by atoms with Gasteiger partial charge in [-0.3, -0.25) is 9.48 Å². The number of amides is 1. The van der Waals surface area contributed by atoms with Crippen molar-refractivity contribution >= 4 is 5.91 Å². The van der Waals surface area contributed by atoms with Gasteiger partial charge < -0.3 is 10.1 Å². The normalized spacial score (nSPS) is 15.0. The van der Waals surface area contributed by atoms with E-state index in [1.54, 1.807) is 10.7 Å². The third kappa shape index (κ3) is 5.04. The first kappa shape index (κ1) is 17.5. The van der Waals surface area contributed by atoms with E-state index < -0.39 is 24.3 Å². The average Bonchev–Trinajstić information content (AvgIpc) is 2.84. The maximum Gasteiger partial charge on any atom is 0.414 e. The van der Waals surface area contributed by atoms with Gasteiger partial charge in [0.15, 0.2) is 6.10 Å². The fraction of sp³-hybridized carbons (Fsp3) is 0.692. The average molecular weight is 307 g/mol. The molecule has 1 amide bonds. The first-order valence-corrected chi connectivity index (χ1v) is 6.66. The highest BCUT2D eigenvalue weighted by atomic mass is 19.4. The molecule has 1 aromatic rings. The van der Waals surface area contributed by atoms with Gasteiger partial charge in [0, 0.05) is 18.8 Å². The van der Waals surface area contributed by atoms with Crippen molar-refractivity contribution in [3.63, 3.8) is 0 Å². The van der Waals surface area contributed by atoms with Crippen molar-refractivity contribution in [1.82, 2.24) is 15.1 Å². The zero-order valence-electron chi connectivity index (χ0n) is 12.4. The van der Waals surface area contributed by atoms with Crippen LogP contribution in [0.2, 0.25) is 0 Å². The molecule has 1 aromatic heterocycles. The Hall–Kier alpha value is -1.57. The standard InChI is InChI=1S/C13H20F3N3O2/c1-8(2)19-11(5-6-18-19)12(20)17-7-9(3)21-10(4)13(14,15)16/h5-6,8-10H,7H2,1-4H3,(H,17,20)/t9-,10?/m1/s1. The summed E-state index contributed by atoms with van der Waals surface area (Å²) in [5.74, 6) is -0.392. The summed E-state index contributed by atoms with van der Waals surface area (Å²) in [4.78, 5) is 12.0. The van der Waals surface area contributed by atoms with Gasteiger partial charge in [-0.2, -0.15) is 18.3 Å². The molecule has 0 bridgehead atoms. The number of carbonyl (C=O) groups is 1. The monoisotopic (exact) mass is 307 g/mol. The molecule has 0 saturated heterocycles. The highest BCUT2D eigenvalue weighted by molar-refractivity contribution is 5.92. The Bertz CT molecular complexity index is 471. The third-order valence-electron chi connectivity index (χ3n) is 2.84. The summed E-state index contributed by atoms with van der Waals surface area (Å²) >= 11 is 0. The summed E-state index contributed by atoms with van der Waals surface area (Å²) in [5, 5.41) is 6.57.